The summed E-state index contributed by atoms with van der Waals surface area (Å²) in [6.07, 6.45) is 0.362. The molecule has 0 saturated heterocycles. The summed E-state index contributed by atoms with van der Waals surface area (Å²) in [7, 11) is -2.74. The molecule has 0 spiro atoms. The van der Waals surface area contributed by atoms with Gasteiger partial charge in [0.1, 0.15) is 11.6 Å². The molecule has 0 aliphatic heterocycles. The van der Waals surface area contributed by atoms with Crippen molar-refractivity contribution < 1.29 is 26.7 Å². The molecule has 3 N–H and O–H groups in total. The lowest BCUT2D eigenvalue weighted by Crippen LogP contribution is -2.27. The first-order valence-electron chi connectivity index (χ1n) is 6.19. The van der Waals surface area contributed by atoms with Gasteiger partial charge in [-0.1, -0.05) is 0 Å². The normalized spacial score (nSPS) is 11.8. The highest BCUT2D eigenvalue weighted by atomic mass is 32.2. The van der Waals surface area contributed by atoms with Gasteiger partial charge in [0.15, 0.2) is 4.90 Å². The molecule has 0 aliphatic rings. The standard InChI is InChI=1S/C12H18F2N2O4S/c1-19-5-6-20-4-2-3-16-21(17,18)12-10(13)7-9(15)8-11(12)14/h7-8,16H,2-6,15H2,1H3. The van der Waals surface area contributed by atoms with E-state index in [2.05, 4.69) is 4.72 Å². The van der Waals surface area contributed by atoms with E-state index >= 15 is 0 Å². The minimum atomic E-state index is -4.27. The molecule has 0 heterocycles. The first-order chi connectivity index (χ1) is 9.88. The van der Waals surface area contributed by atoms with Crippen LogP contribution in [0.15, 0.2) is 17.0 Å². The van der Waals surface area contributed by atoms with E-state index in [9.17, 15) is 17.2 Å². The Balaban J connectivity index is 2.55. The number of nitrogens with two attached hydrogens (primary N) is 1. The molecule has 0 radical (unpaired) electrons. The van der Waals surface area contributed by atoms with Gasteiger partial charge in [-0.05, 0) is 18.6 Å². The molecule has 0 unspecified atom stereocenters. The summed E-state index contributed by atoms with van der Waals surface area (Å²) in [5, 5.41) is 0. The molecule has 1 rings (SSSR count). The van der Waals surface area contributed by atoms with Crippen LogP contribution in [0.5, 0.6) is 0 Å². The second kappa shape index (κ2) is 8.23. The predicted molar refractivity (Wildman–Crippen MR) is 73.3 cm³/mol. The van der Waals surface area contributed by atoms with Crippen molar-refractivity contribution in [3.63, 3.8) is 0 Å². The maximum absolute atomic E-state index is 13.5. The van der Waals surface area contributed by atoms with Gasteiger partial charge < -0.3 is 15.2 Å². The molecule has 120 valence electrons. The van der Waals surface area contributed by atoms with Crippen molar-refractivity contribution in [3.8, 4) is 0 Å². The van der Waals surface area contributed by atoms with Gasteiger partial charge in [-0.25, -0.2) is 21.9 Å². The van der Waals surface area contributed by atoms with E-state index in [4.69, 9.17) is 15.2 Å². The van der Waals surface area contributed by atoms with Crippen molar-refractivity contribution in [2.24, 2.45) is 0 Å². The molecule has 0 atom stereocenters. The Morgan fingerprint density at radius 1 is 1.19 bits per heavy atom. The summed E-state index contributed by atoms with van der Waals surface area (Å²) < 4.78 is 62.7. The topological polar surface area (TPSA) is 90.6 Å². The third-order valence-corrected chi connectivity index (χ3v) is 3.99. The number of hydrogen-bond donors (Lipinski definition) is 2. The van der Waals surface area contributed by atoms with Gasteiger partial charge >= 0.3 is 0 Å². The number of sulfonamides is 1. The van der Waals surface area contributed by atoms with Gasteiger partial charge in [-0.3, -0.25) is 0 Å². The highest BCUT2D eigenvalue weighted by Gasteiger charge is 2.24. The number of ether oxygens (including phenoxy) is 2. The first-order valence-corrected chi connectivity index (χ1v) is 7.67. The van der Waals surface area contributed by atoms with E-state index in [1.165, 1.54) is 7.11 Å². The number of anilines is 1. The van der Waals surface area contributed by atoms with Crippen LogP contribution in [0, 0.1) is 11.6 Å². The van der Waals surface area contributed by atoms with Crippen LogP contribution in [-0.2, 0) is 19.5 Å². The van der Waals surface area contributed by atoms with E-state index in [1.54, 1.807) is 0 Å². The number of nitrogens with one attached hydrogen (secondary N) is 1. The highest BCUT2D eigenvalue weighted by molar-refractivity contribution is 7.89. The molecule has 0 amide bonds. The maximum Gasteiger partial charge on any atom is 0.246 e. The van der Waals surface area contributed by atoms with Crippen LogP contribution in [0.1, 0.15) is 6.42 Å². The van der Waals surface area contributed by atoms with Crippen molar-refractivity contribution in [1.29, 1.82) is 0 Å². The molecular formula is C12H18F2N2O4S. The molecule has 6 nitrogen and oxygen atoms in total. The lowest BCUT2D eigenvalue weighted by atomic mass is 10.3. The number of benzene rings is 1. The van der Waals surface area contributed by atoms with Crippen LogP contribution >= 0.6 is 0 Å². The number of halogens is 2. The number of methoxy groups -OCH3 is 1. The van der Waals surface area contributed by atoms with E-state index in [0.29, 0.717) is 26.2 Å². The molecule has 9 heteroatoms. The molecule has 0 fully saturated rings. The molecule has 0 bridgehead atoms. The quantitative estimate of drug-likeness (QED) is 0.520. The molecular weight excluding hydrogens is 306 g/mol. The van der Waals surface area contributed by atoms with E-state index in [1.807, 2.05) is 0 Å². The second-order valence-corrected chi connectivity index (χ2v) is 5.87. The summed E-state index contributed by atoms with van der Waals surface area (Å²) >= 11 is 0. The Morgan fingerprint density at radius 2 is 1.81 bits per heavy atom. The maximum atomic E-state index is 13.5. The Hall–Kier alpha value is -1.29. The first kappa shape index (κ1) is 17.8. The van der Waals surface area contributed by atoms with Gasteiger partial charge in [0, 0.05) is 25.9 Å². The van der Waals surface area contributed by atoms with Gasteiger partial charge in [0.05, 0.1) is 13.2 Å². The van der Waals surface area contributed by atoms with Crippen molar-refractivity contribution in [1.82, 2.24) is 4.72 Å². The van der Waals surface area contributed by atoms with Crippen LogP contribution < -0.4 is 10.5 Å². The van der Waals surface area contributed by atoms with Gasteiger partial charge in [-0.2, -0.15) is 0 Å². The highest BCUT2D eigenvalue weighted by Crippen LogP contribution is 2.21. The average molecular weight is 324 g/mol. The zero-order valence-corrected chi connectivity index (χ0v) is 12.4. The second-order valence-electron chi connectivity index (χ2n) is 4.17. The summed E-state index contributed by atoms with van der Waals surface area (Å²) in [6.45, 7) is 1.13. The monoisotopic (exact) mass is 324 g/mol. The molecule has 0 saturated carbocycles. The third-order valence-electron chi connectivity index (χ3n) is 2.48. The molecule has 1 aromatic rings. The van der Waals surface area contributed by atoms with Crippen LogP contribution in [0.3, 0.4) is 0 Å². The van der Waals surface area contributed by atoms with Crippen LogP contribution in [0.2, 0.25) is 0 Å². The van der Waals surface area contributed by atoms with Crippen molar-refractivity contribution >= 4 is 15.7 Å². The van der Waals surface area contributed by atoms with Gasteiger partial charge in [0.25, 0.3) is 0 Å². The Bertz CT molecular complexity index is 543. The van der Waals surface area contributed by atoms with E-state index < -0.39 is 26.6 Å². The third kappa shape index (κ3) is 5.54. The largest absolute Gasteiger partial charge is 0.399 e. The molecule has 0 aromatic heterocycles. The van der Waals surface area contributed by atoms with Crippen LogP contribution in [0.25, 0.3) is 0 Å². The van der Waals surface area contributed by atoms with Crippen LogP contribution in [0.4, 0.5) is 14.5 Å². The summed E-state index contributed by atoms with van der Waals surface area (Å²) in [5.74, 6) is -2.45. The number of rotatable bonds is 9. The minimum Gasteiger partial charge on any atom is -0.399 e. The van der Waals surface area contributed by atoms with E-state index in [-0.39, 0.29) is 12.2 Å². The van der Waals surface area contributed by atoms with Crippen molar-refractivity contribution in [2.75, 3.05) is 39.2 Å². The average Bonchev–Trinajstić information content (AvgIpc) is 2.35. The fourth-order valence-corrected chi connectivity index (χ4v) is 2.72. The summed E-state index contributed by atoms with van der Waals surface area (Å²) in [4.78, 5) is -1.03. The SMILES string of the molecule is COCCOCCCNS(=O)(=O)c1c(F)cc(N)cc1F. The lowest BCUT2D eigenvalue weighted by Gasteiger charge is -2.09. The predicted octanol–water partition coefficient (Wildman–Crippen LogP) is 0.878. The van der Waals surface area contributed by atoms with Crippen LogP contribution in [-0.4, -0.2) is 41.9 Å². The Morgan fingerprint density at radius 3 is 2.38 bits per heavy atom. The zero-order chi connectivity index (χ0) is 15.9. The smallest absolute Gasteiger partial charge is 0.246 e. The lowest BCUT2D eigenvalue weighted by molar-refractivity contribution is 0.0699. The Labute approximate surface area is 122 Å². The van der Waals surface area contributed by atoms with Gasteiger partial charge in [0.2, 0.25) is 10.0 Å². The fourth-order valence-electron chi connectivity index (χ4n) is 1.53. The summed E-state index contributed by atoms with van der Waals surface area (Å²) in [5.41, 5.74) is 5.04. The molecule has 21 heavy (non-hydrogen) atoms. The Kier molecular flexibility index (Phi) is 6.96. The fraction of sp³-hybridized carbons (Fsp3) is 0.500. The van der Waals surface area contributed by atoms with Crippen molar-refractivity contribution in [2.45, 2.75) is 11.3 Å². The van der Waals surface area contributed by atoms with Gasteiger partial charge in [-0.15, -0.1) is 0 Å². The van der Waals surface area contributed by atoms with E-state index in [0.717, 1.165) is 12.1 Å². The number of hydrogen-bond acceptors (Lipinski definition) is 5. The zero-order valence-electron chi connectivity index (χ0n) is 11.6. The van der Waals surface area contributed by atoms with Crippen molar-refractivity contribution in [3.05, 3.63) is 23.8 Å². The minimum absolute atomic E-state index is 0.00142. The number of nitrogen functional groups attached to an aromatic ring is 1. The molecule has 0 aliphatic carbocycles. The molecule has 1 aromatic carbocycles. The summed E-state index contributed by atoms with van der Waals surface area (Å²) in [6, 6.07) is 1.51.